The van der Waals surface area contributed by atoms with Crippen molar-refractivity contribution in [3.8, 4) is 0 Å². The highest BCUT2D eigenvalue weighted by Gasteiger charge is 2.47. The first-order chi connectivity index (χ1) is 10.8. The highest BCUT2D eigenvalue weighted by Crippen LogP contribution is 2.48. The summed E-state index contributed by atoms with van der Waals surface area (Å²) in [5.74, 6) is 0.371. The molecular formula is C18H26N4O. The standard InChI is InChI=1S/C18H26N4O/c1-12-7-15(13(2)19)14(3)22(9-12)17(23)8-16(20)21-10-18(11-21)5-4-6-18/h7-9,13H,3-6,10-11,19-20H2,1-2H3/b16-8+. The largest absolute Gasteiger partial charge is 0.385 e. The first-order valence-corrected chi connectivity index (χ1v) is 8.21. The van der Waals surface area contributed by atoms with E-state index in [4.69, 9.17) is 11.5 Å². The van der Waals surface area contributed by atoms with Gasteiger partial charge < -0.3 is 16.4 Å². The molecule has 0 aromatic carbocycles. The van der Waals surface area contributed by atoms with Gasteiger partial charge in [0.05, 0.1) is 0 Å². The van der Waals surface area contributed by atoms with Gasteiger partial charge in [-0.3, -0.25) is 9.69 Å². The number of nitrogens with two attached hydrogens (primary N) is 2. The molecule has 3 aliphatic rings. The first kappa shape index (κ1) is 15.9. The van der Waals surface area contributed by atoms with Gasteiger partial charge in [-0.05, 0) is 37.8 Å². The maximum Gasteiger partial charge on any atom is 0.258 e. The van der Waals surface area contributed by atoms with Gasteiger partial charge in [-0.2, -0.15) is 0 Å². The van der Waals surface area contributed by atoms with E-state index in [1.165, 1.54) is 25.3 Å². The van der Waals surface area contributed by atoms with Gasteiger partial charge >= 0.3 is 0 Å². The van der Waals surface area contributed by atoms with Crippen LogP contribution >= 0.6 is 0 Å². The maximum atomic E-state index is 12.6. The van der Waals surface area contributed by atoms with Crippen LogP contribution in [0.5, 0.6) is 0 Å². The highest BCUT2D eigenvalue weighted by molar-refractivity contribution is 5.91. The topological polar surface area (TPSA) is 75.6 Å². The lowest BCUT2D eigenvalue weighted by atomic mass is 9.63. The van der Waals surface area contributed by atoms with Crippen molar-refractivity contribution in [2.75, 3.05) is 13.1 Å². The molecule has 0 aromatic heterocycles. The third-order valence-corrected chi connectivity index (χ3v) is 5.17. The van der Waals surface area contributed by atoms with Gasteiger partial charge in [-0.25, -0.2) is 0 Å². The normalized spacial score (nSPS) is 24.7. The summed E-state index contributed by atoms with van der Waals surface area (Å²) in [5, 5.41) is 0. The van der Waals surface area contributed by atoms with Crippen LogP contribution in [-0.2, 0) is 4.79 Å². The van der Waals surface area contributed by atoms with Crippen LogP contribution in [0.15, 0.2) is 47.6 Å². The van der Waals surface area contributed by atoms with Gasteiger partial charge in [0.15, 0.2) is 0 Å². The second-order valence-corrected chi connectivity index (χ2v) is 7.20. The predicted molar refractivity (Wildman–Crippen MR) is 91.6 cm³/mol. The van der Waals surface area contributed by atoms with Gasteiger partial charge in [0.2, 0.25) is 0 Å². The number of rotatable bonds is 3. The summed E-state index contributed by atoms with van der Waals surface area (Å²) in [7, 11) is 0. The molecule has 1 aliphatic carbocycles. The third kappa shape index (κ3) is 2.81. The molecule has 1 spiro atoms. The van der Waals surface area contributed by atoms with E-state index in [-0.39, 0.29) is 11.9 Å². The van der Waals surface area contributed by atoms with E-state index < -0.39 is 0 Å². The molecule has 2 heterocycles. The molecule has 5 nitrogen and oxygen atoms in total. The van der Waals surface area contributed by atoms with Crippen molar-refractivity contribution in [3.05, 3.63) is 47.6 Å². The number of nitrogens with zero attached hydrogens (tertiary/aromatic N) is 2. The third-order valence-electron chi connectivity index (χ3n) is 5.17. The lowest BCUT2D eigenvalue weighted by Crippen LogP contribution is -2.60. The average Bonchev–Trinajstić information content (AvgIpc) is 2.37. The number of hydrogen-bond donors (Lipinski definition) is 2. The summed E-state index contributed by atoms with van der Waals surface area (Å²) in [6.07, 6.45) is 9.16. The van der Waals surface area contributed by atoms with Crippen molar-refractivity contribution in [1.29, 1.82) is 0 Å². The van der Waals surface area contributed by atoms with Crippen molar-refractivity contribution in [2.24, 2.45) is 16.9 Å². The van der Waals surface area contributed by atoms with Crippen LogP contribution in [0.25, 0.3) is 0 Å². The van der Waals surface area contributed by atoms with E-state index in [1.54, 1.807) is 11.1 Å². The van der Waals surface area contributed by atoms with Crippen molar-refractivity contribution in [1.82, 2.24) is 9.80 Å². The second kappa shape index (κ2) is 5.57. The quantitative estimate of drug-likeness (QED) is 0.779. The van der Waals surface area contributed by atoms with Crippen LogP contribution in [0, 0.1) is 5.41 Å². The Morgan fingerprint density at radius 1 is 1.43 bits per heavy atom. The zero-order valence-electron chi connectivity index (χ0n) is 14.0. The van der Waals surface area contributed by atoms with Crippen LogP contribution in [0.2, 0.25) is 0 Å². The van der Waals surface area contributed by atoms with Crippen molar-refractivity contribution in [2.45, 2.75) is 39.2 Å². The minimum Gasteiger partial charge on any atom is -0.385 e. The zero-order valence-corrected chi connectivity index (χ0v) is 14.0. The fourth-order valence-electron chi connectivity index (χ4n) is 3.60. The van der Waals surface area contributed by atoms with E-state index in [9.17, 15) is 4.79 Å². The number of likely N-dealkylation sites (tertiary alicyclic amines) is 1. The Kier molecular flexibility index (Phi) is 3.84. The van der Waals surface area contributed by atoms with Gasteiger partial charge in [0.25, 0.3) is 5.91 Å². The molecule has 0 bridgehead atoms. The monoisotopic (exact) mass is 314 g/mol. The molecule has 2 fully saturated rings. The molecule has 5 heteroatoms. The van der Waals surface area contributed by atoms with Gasteiger partial charge in [-0.15, -0.1) is 0 Å². The highest BCUT2D eigenvalue weighted by atomic mass is 16.2. The molecule has 23 heavy (non-hydrogen) atoms. The SMILES string of the molecule is C=C1C(C(C)N)=CC(C)=CN1C(=O)/C=C(\N)N1CC2(CCC2)C1. The lowest BCUT2D eigenvalue weighted by Gasteiger charge is -2.56. The molecule has 124 valence electrons. The average molecular weight is 314 g/mol. The Hall–Kier alpha value is -2.01. The summed E-state index contributed by atoms with van der Waals surface area (Å²) < 4.78 is 0. The van der Waals surface area contributed by atoms with Crippen molar-refractivity contribution < 1.29 is 4.79 Å². The summed E-state index contributed by atoms with van der Waals surface area (Å²) in [6, 6.07) is -0.170. The van der Waals surface area contributed by atoms with E-state index in [0.717, 1.165) is 24.2 Å². The summed E-state index contributed by atoms with van der Waals surface area (Å²) in [4.78, 5) is 16.2. The molecule has 4 N–H and O–H groups in total. The smallest absolute Gasteiger partial charge is 0.258 e. The fourth-order valence-corrected chi connectivity index (χ4v) is 3.60. The Labute approximate surface area is 138 Å². The van der Waals surface area contributed by atoms with Crippen molar-refractivity contribution in [3.63, 3.8) is 0 Å². The van der Waals surface area contributed by atoms with Gasteiger partial charge in [0, 0.05) is 42.5 Å². The van der Waals surface area contributed by atoms with E-state index in [2.05, 4.69) is 11.5 Å². The molecular weight excluding hydrogens is 288 g/mol. The minimum atomic E-state index is -0.173. The van der Waals surface area contributed by atoms with E-state index in [0.29, 0.717) is 16.9 Å². The molecule has 3 rings (SSSR count). The maximum absolute atomic E-state index is 12.6. The number of allylic oxidation sites excluding steroid dienone is 2. The Bertz CT molecular complexity index is 629. The van der Waals surface area contributed by atoms with Gasteiger partial charge in [-0.1, -0.05) is 19.1 Å². The summed E-state index contributed by atoms with van der Waals surface area (Å²) >= 11 is 0. The predicted octanol–water partition coefficient (Wildman–Crippen LogP) is 1.81. The van der Waals surface area contributed by atoms with Crippen LogP contribution in [0.1, 0.15) is 33.1 Å². The van der Waals surface area contributed by atoms with E-state index >= 15 is 0 Å². The molecule has 1 amide bonds. The molecule has 0 radical (unpaired) electrons. The van der Waals surface area contributed by atoms with Crippen LogP contribution in [0.3, 0.4) is 0 Å². The lowest BCUT2D eigenvalue weighted by molar-refractivity contribution is -0.122. The number of carbonyl (C=O) groups excluding carboxylic acids is 1. The van der Waals surface area contributed by atoms with Crippen molar-refractivity contribution >= 4 is 5.91 Å². The minimum absolute atomic E-state index is 0.170. The van der Waals surface area contributed by atoms with Gasteiger partial charge in [0.1, 0.15) is 5.82 Å². The molecule has 1 saturated heterocycles. The molecule has 2 aliphatic heterocycles. The Morgan fingerprint density at radius 2 is 2.09 bits per heavy atom. The second-order valence-electron chi connectivity index (χ2n) is 7.20. The first-order valence-electron chi connectivity index (χ1n) is 8.21. The molecule has 1 atom stereocenters. The molecule has 0 aromatic rings. The summed E-state index contributed by atoms with van der Waals surface area (Å²) in [5.41, 5.74) is 15.0. The number of amides is 1. The molecule has 1 unspecified atom stereocenters. The Balaban J connectivity index is 1.69. The summed E-state index contributed by atoms with van der Waals surface area (Å²) in [6.45, 7) is 9.80. The van der Waals surface area contributed by atoms with E-state index in [1.807, 2.05) is 19.9 Å². The van der Waals surface area contributed by atoms with Crippen LogP contribution in [-0.4, -0.2) is 34.8 Å². The van der Waals surface area contributed by atoms with Crippen LogP contribution < -0.4 is 11.5 Å². The number of hydrogen-bond acceptors (Lipinski definition) is 4. The molecule has 1 saturated carbocycles. The number of carbonyl (C=O) groups is 1. The van der Waals surface area contributed by atoms with Crippen LogP contribution in [0.4, 0.5) is 0 Å². The fraction of sp³-hybridized carbons (Fsp3) is 0.500. The Morgan fingerprint density at radius 3 is 2.61 bits per heavy atom. The zero-order chi connectivity index (χ0) is 16.8.